The van der Waals surface area contributed by atoms with Crippen LogP contribution in [0.2, 0.25) is 0 Å². The number of nitrogens with zero attached hydrogens (tertiary/aromatic N) is 3. The molecule has 2 aliphatic rings. The van der Waals surface area contributed by atoms with Crippen LogP contribution in [0.3, 0.4) is 0 Å². The van der Waals surface area contributed by atoms with E-state index < -0.39 is 18.3 Å². The maximum absolute atomic E-state index is 13.9. The number of benzene rings is 1. The Hall–Kier alpha value is -2.71. The first-order valence-corrected chi connectivity index (χ1v) is 10.1. The highest BCUT2D eigenvalue weighted by molar-refractivity contribution is 5.99. The maximum Gasteiger partial charge on any atom is 0.410 e. The predicted molar refractivity (Wildman–Crippen MR) is 106 cm³/mol. The van der Waals surface area contributed by atoms with Crippen molar-refractivity contribution < 1.29 is 22.7 Å². The molecular weight excluding hydrogens is 397 g/mol. The third kappa shape index (κ3) is 3.73. The van der Waals surface area contributed by atoms with Crippen molar-refractivity contribution in [2.75, 3.05) is 19.0 Å². The van der Waals surface area contributed by atoms with Crippen molar-refractivity contribution in [2.24, 2.45) is 0 Å². The first-order chi connectivity index (χ1) is 14.3. The van der Waals surface area contributed by atoms with Crippen molar-refractivity contribution >= 4 is 11.7 Å². The summed E-state index contributed by atoms with van der Waals surface area (Å²) in [6.45, 7) is 2.57. The number of halogens is 3. The summed E-state index contributed by atoms with van der Waals surface area (Å²) in [5.74, 6) is 0.415. The lowest BCUT2D eigenvalue weighted by Gasteiger charge is -2.36. The number of hydrogen-bond donors (Lipinski definition) is 1. The zero-order valence-electron chi connectivity index (χ0n) is 16.9. The van der Waals surface area contributed by atoms with Gasteiger partial charge in [-0.1, -0.05) is 12.1 Å². The second kappa shape index (κ2) is 7.85. The molecule has 1 aromatic heterocycles. The molecule has 0 bridgehead atoms. The van der Waals surface area contributed by atoms with Crippen molar-refractivity contribution in [1.29, 1.82) is 0 Å². The molecule has 1 N–H and O–H groups in total. The first-order valence-electron chi connectivity index (χ1n) is 10.1. The van der Waals surface area contributed by atoms with E-state index in [0.717, 1.165) is 23.9 Å². The molecule has 2 aliphatic heterocycles. The van der Waals surface area contributed by atoms with E-state index in [2.05, 4.69) is 10.4 Å². The van der Waals surface area contributed by atoms with Gasteiger partial charge in [-0.2, -0.15) is 18.3 Å². The van der Waals surface area contributed by atoms with Crippen molar-refractivity contribution in [2.45, 2.75) is 56.9 Å². The Morgan fingerprint density at radius 2 is 2.10 bits per heavy atom. The Balaban J connectivity index is 1.72. The van der Waals surface area contributed by atoms with Crippen LogP contribution in [0.25, 0.3) is 0 Å². The van der Waals surface area contributed by atoms with Crippen LogP contribution in [0.15, 0.2) is 30.5 Å². The number of ether oxygens (including phenoxy) is 1. The number of hydrogen-bond acceptors (Lipinski definition) is 4. The Kier molecular flexibility index (Phi) is 5.38. The molecule has 0 unspecified atom stereocenters. The van der Waals surface area contributed by atoms with E-state index >= 15 is 0 Å². The Bertz CT molecular complexity index is 927. The molecule has 1 aromatic carbocycles. The zero-order chi connectivity index (χ0) is 21.5. The topological polar surface area (TPSA) is 59.4 Å². The maximum atomic E-state index is 13.9. The van der Waals surface area contributed by atoms with Gasteiger partial charge >= 0.3 is 6.18 Å². The number of anilines is 1. The number of likely N-dealkylation sites (tertiary alicyclic amines) is 1. The first kappa shape index (κ1) is 20.6. The average Bonchev–Trinajstić information content (AvgIpc) is 3.16. The van der Waals surface area contributed by atoms with Gasteiger partial charge in [0.25, 0.3) is 5.91 Å². The Morgan fingerprint density at radius 1 is 1.30 bits per heavy atom. The van der Waals surface area contributed by atoms with E-state index in [0.29, 0.717) is 17.9 Å². The Labute approximate surface area is 173 Å². The highest BCUT2D eigenvalue weighted by Gasteiger charge is 2.47. The molecule has 0 aliphatic carbocycles. The summed E-state index contributed by atoms with van der Waals surface area (Å²) in [5.41, 5.74) is 0.853. The fourth-order valence-electron chi connectivity index (χ4n) is 4.35. The summed E-state index contributed by atoms with van der Waals surface area (Å²) in [5, 5.41) is 7.12. The lowest BCUT2D eigenvalue weighted by molar-refractivity contribution is -0.173. The summed E-state index contributed by atoms with van der Waals surface area (Å²) in [7, 11) is 1.51. The van der Waals surface area contributed by atoms with E-state index in [1.54, 1.807) is 29.2 Å². The number of methoxy groups -OCH3 is 1. The van der Waals surface area contributed by atoms with E-state index in [-0.39, 0.29) is 29.8 Å². The number of rotatable bonds is 3. The second-order valence-corrected chi connectivity index (χ2v) is 7.96. The van der Waals surface area contributed by atoms with E-state index in [1.807, 2.05) is 6.92 Å². The average molecular weight is 422 g/mol. The molecule has 9 heteroatoms. The number of piperidine rings is 1. The zero-order valence-corrected chi connectivity index (χ0v) is 16.9. The van der Waals surface area contributed by atoms with Gasteiger partial charge in [0.15, 0.2) is 6.04 Å². The quantitative estimate of drug-likeness (QED) is 0.788. The fourth-order valence-corrected chi connectivity index (χ4v) is 4.35. The van der Waals surface area contributed by atoms with Crippen LogP contribution in [0.4, 0.5) is 19.0 Å². The molecule has 0 radical (unpaired) electrons. The predicted octanol–water partition coefficient (Wildman–Crippen LogP) is 4.57. The van der Waals surface area contributed by atoms with E-state index in [1.165, 1.54) is 13.3 Å². The number of nitrogens with one attached hydrogen (secondary N) is 1. The number of alkyl halides is 3. The monoisotopic (exact) mass is 422 g/mol. The summed E-state index contributed by atoms with van der Waals surface area (Å²) in [6.07, 6.45) is -0.620. The van der Waals surface area contributed by atoms with Crippen molar-refractivity contribution in [3.8, 4) is 5.75 Å². The number of amides is 1. The van der Waals surface area contributed by atoms with Crippen molar-refractivity contribution in [3.63, 3.8) is 0 Å². The summed E-state index contributed by atoms with van der Waals surface area (Å²) < 4.78 is 47.8. The molecule has 1 amide bonds. The van der Waals surface area contributed by atoms with Gasteiger partial charge < -0.3 is 15.0 Å². The smallest absolute Gasteiger partial charge is 0.410 e. The van der Waals surface area contributed by atoms with Gasteiger partial charge in [-0.3, -0.25) is 4.79 Å². The molecule has 3 atom stereocenters. The summed E-state index contributed by atoms with van der Waals surface area (Å²) >= 11 is 0. The minimum Gasteiger partial charge on any atom is -0.497 e. The van der Waals surface area contributed by atoms with E-state index in [9.17, 15) is 18.0 Å². The van der Waals surface area contributed by atoms with Crippen LogP contribution in [0, 0.1) is 0 Å². The summed E-state index contributed by atoms with van der Waals surface area (Å²) in [6, 6.07) is 4.57. The molecule has 2 aromatic rings. The van der Waals surface area contributed by atoms with Crippen LogP contribution in [0.1, 0.15) is 60.6 Å². The molecule has 30 heavy (non-hydrogen) atoms. The lowest BCUT2D eigenvalue weighted by Crippen LogP contribution is -2.42. The van der Waals surface area contributed by atoms with Gasteiger partial charge in [-0.05, 0) is 43.9 Å². The molecule has 6 nitrogen and oxygen atoms in total. The largest absolute Gasteiger partial charge is 0.497 e. The second-order valence-electron chi connectivity index (χ2n) is 7.96. The van der Waals surface area contributed by atoms with Crippen molar-refractivity contribution in [1.82, 2.24) is 14.7 Å². The highest BCUT2D eigenvalue weighted by atomic mass is 19.4. The van der Waals surface area contributed by atoms with Crippen LogP contribution < -0.4 is 10.1 Å². The van der Waals surface area contributed by atoms with Crippen LogP contribution >= 0.6 is 0 Å². The number of carbonyl (C=O) groups excluding carboxylic acids is 1. The SMILES string of the molecule is COc1cccc([C@H]2C[C@H](C(F)(F)F)n3ncc(C(=O)N4CCCC[C@H]4C)c3N2)c1. The molecule has 3 heterocycles. The van der Waals surface area contributed by atoms with E-state index in [4.69, 9.17) is 4.74 Å². The van der Waals surface area contributed by atoms with Crippen LogP contribution in [0.5, 0.6) is 5.75 Å². The van der Waals surface area contributed by atoms with Crippen LogP contribution in [-0.4, -0.2) is 46.5 Å². The van der Waals surface area contributed by atoms with Gasteiger partial charge in [0.1, 0.15) is 17.1 Å². The Morgan fingerprint density at radius 3 is 2.80 bits per heavy atom. The molecular formula is C21H25F3N4O2. The molecule has 162 valence electrons. The number of aromatic nitrogens is 2. The third-order valence-corrected chi connectivity index (χ3v) is 6.03. The molecule has 1 saturated heterocycles. The molecule has 1 fully saturated rings. The van der Waals surface area contributed by atoms with Gasteiger partial charge in [-0.15, -0.1) is 0 Å². The minimum absolute atomic E-state index is 0.0537. The number of carbonyl (C=O) groups is 1. The van der Waals surface area contributed by atoms with Gasteiger partial charge in [0.2, 0.25) is 0 Å². The van der Waals surface area contributed by atoms with Gasteiger partial charge in [0.05, 0.1) is 19.3 Å². The minimum atomic E-state index is -4.49. The summed E-state index contributed by atoms with van der Waals surface area (Å²) in [4.78, 5) is 14.9. The molecule has 4 rings (SSSR count). The van der Waals surface area contributed by atoms with Gasteiger partial charge in [-0.25, -0.2) is 4.68 Å². The highest BCUT2D eigenvalue weighted by Crippen LogP contribution is 2.45. The number of fused-ring (bicyclic) bond motifs is 1. The van der Waals surface area contributed by atoms with Gasteiger partial charge in [0, 0.05) is 19.0 Å². The third-order valence-electron chi connectivity index (χ3n) is 6.03. The molecule has 0 spiro atoms. The van der Waals surface area contributed by atoms with Crippen molar-refractivity contribution in [3.05, 3.63) is 41.6 Å². The normalized spacial score (nSPS) is 24.2. The van der Waals surface area contributed by atoms with Crippen LogP contribution in [-0.2, 0) is 0 Å². The lowest BCUT2D eigenvalue weighted by atomic mass is 9.96. The fraction of sp³-hybridized carbons (Fsp3) is 0.524. The molecule has 0 saturated carbocycles. The standard InChI is InChI=1S/C21H25F3N4O2/c1-13-6-3-4-9-27(13)20(29)16-12-25-28-18(21(22,23)24)11-17(26-19(16)28)14-7-5-8-15(10-14)30-2/h5,7-8,10,12-13,17-18,26H,3-4,6,9,11H2,1-2H3/t13-,17-,18-/m1/s1.